The van der Waals surface area contributed by atoms with Gasteiger partial charge in [0.15, 0.2) is 0 Å². The van der Waals surface area contributed by atoms with E-state index < -0.39 is 5.41 Å². The Morgan fingerprint density at radius 1 is 0.964 bits per heavy atom. The molecule has 4 bridgehead atoms. The van der Waals surface area contributed by atoms with Crippen molar-refractivity contribution in [2.75, 3.05) is 0 Å². The maximum atomic E-state index is 14.3. The molecule has 0 amide bonds. The Balaban J connectivity index is 1.49. The van der Waals surface area contributed by atoms with Gasteiger partial charge in [0.25, 0.3) is 0 Å². The summed E-state index contributed by atoms with van der Waals surface area (Å²) < 4.78 is 0. The van der Waals surface area contributed by atoms with Crippen LogP contribution in [0.25, 0.3) is 0 Å². The highest BCUT2D eigenvalue weighted by atomic mass is 16.1. The summed E-state index contributed by atoms with van der Waals surface area (Å²) in [6.45, 7) is 2.18. The van der Waals surface area contributed by atoms with Crippen LogP contribution in [0.5, 0.6) is 0 Å². The minimum Gasteiger partial charge on any atom is -0.298 e. The number of carbonyl (C=O) groups excluding carboxylic acids is 1. The van der Waals surface area contributed by atoms with Crippen LogP contribution in [0.1, 0.15) is 56.7 Å². The van der Waals surface area contributed by atoms with Gasteiger partial charge in [-0.05, 0) is 86.5 Å². The molecule has 2 aromatic rings. The van der Waals surface area contributed by atoms with E-state index in [1.54, 1.807) is 12.5 Å². The molecule has 146 valence electrons. The molecule has 4 heteroatoms. The molecule has 0 aromatic carbocycles. The lowest BCUT2D eigenvalue weighted by Crippen LogP contribution is -2.54. The van der Waals surface area contributed by atoms with Gasteiger partial charge < -0.3 is 0 Å². The van der Waals surface area contributed by atoms with Gasteiger partial charge >= 0.3 is 0 Å². The molecule has 1 unspecified atom stereocenters. The molecule has 0 saturated heterocycles. The number of carbonyl (C=O) groups is 1. The van der Waals surface area contributed by atoms with Crippen LogP contribution < -0.4 is 0 Å². The predicted octanol–water partition coefficient (Wildman–Crippen LogP) is 4.45. The van der Waals surface area contributed by atoms with Crippen molar-refractivity contribution in [3.63, 3.8) is 0 Å². The van der Waals surface area contributed by atoms with Gasteiger partial charge in [0.2, 0.25) is 0 Å². The van der Waals surface area contributed by atoms with Crippen LogP contribution in [0.3, 0.4) is 0 Å². The number of Topliss-reactive ketones (excluding diaryl/α,β-unsaturated/α-hetero) is 1. The SMILES string of the molecule is CC(Cc1ccncc1)(Cc1ccncn1)C(=O)C12CC3CC(CC(C3)C1)C2. The molecule has 0 radical (unpaired) electrons. The third-order valence-electron chi connectivity index (χ3n) is 7.63. The molecule has 4 aliphatic carbocycles. The molecule has 0 aliphatic heterocycles. The van der Waals surface area contributed by atoms with Crippen LogP contribution in [-0.2, 0) is 17.6 Å². The highest BCUT2D eigenvalue weighted by molar-refractivity contribution is 5.91. The summed E-state index contributed by atoms with van der Waals surface area (Å²) in [5.74, 6) is 2.83. The lowest BCUT2D eigenvalue weighted by molar-refractivity contribution is -0.154. The monoisotopic (exact) mass is 375 g/mol. The Hall–Kier alpha value is -2.10. The molecule has 4 saturated carbocycles. The standard InChI is InChI=1S/C24H29N3O/c1-23(11-17-2-5-25-6-3-17,15-21-4-7-26-16-27-21)22(28)24-12-18-8-19(13-24)10-20(9-18)14-24/h2-7,16,18-20H,8-15H2,1H3. The zero-order valence-corrected chi connectivity index (χ0v) is 16.7. The van der Waals surface area contributed by atoms with Crippen LogP contribution >= 0.6 is 0 Å². The molecule has 28 heavy (non-hydrogen) atoms. The Labute approximate surface area is 167 Å². The van der Waals surface area contributed by atoms with Crippen molar-refractivity contribution in [1.82, 2.24) is 15.0 Å². The maximum Gasteiger partial charge on any atom is 0.145 e. The van der Waals surface area contributed by atoms with Crippen LogP contribution in [0, 0.1) is 28.6 Å². The normalized spacial score (nSPS) is 32.8. The number of aromatic nitrogens is 3. The zero-order valence-electron chi connectivity index (χ0n) is 16.7. The van der Waals surface area contributed by atoms with Crippen LogP contribution in [0.2, 0.25) is 0 Å². The summed E-state index contributed by atoms with van der Waals surface area (Å²) in [5, 5.41) is 0. The van der Waals surface area contributed by atoms with E-state index in [1.165, 1.54) is 24.8 Å². The first-order valence-corrected chi connectivity index (χ1v) is 10.7. The molecule has 4 aliphatic rings. The fourth-order valence-corrected chi connectivity index (χ4v) is 7.03. The summed E-state index contributed by atoms with van der Waals surface area (Å²) in [4.78, 5) is 26.9. The van der Waals surface area contributed by atoms with Crippen LogP contribution in [0.15, 0.2) is 43.1 Å². The van der Waals surface area contributed by atoms with Gasteiger partial charge in [-0.2, -0.15) is 0 Å². The zero-order chi connectivity index (χ0) is 19.2. The van der Waals surface area contributed by atoms with Gasteiger partial charge in [0.1, 0.15) is 12.1 Å². The molecule has 0 spiro atoms. The fourth-order valence-electron chi connectivity index (χ4n) is 7.03. The Kier molecular flexibility index (Phi) is 4.33. The lowest BCUT2D eigenvalue weighted by Gasteiger charge is -2.57. The van der Waals surface area contributed by atoms with Crippen molar-refractivity contribution in [2.24, 2.45) is 28.6 Å². The van der Waals surface area contributed by atoms with Gasteiger partial charge in [-0.3, -0.25) is 9.78 Å². The fraction of sp³-hybridized carbons (Fsp3) is 0.583. The average Bonchev–Trinajstić information content (AvgIpc) is 2.68. The maximum absolute atomic E-state index is 14.3. The molecule has 4 nitrogen and oxygen atoms in total. The van der Waals surface area contributed by atoms with E-state index in [1.807, 2.05) is 30.6 Å². The van der Waals surface area contributed by atoms with E-state index in [0.717, 1.165) is 49.1 Å². The van der Waals surface area contributed by atoms with Gasteiger partial charge in [0, 0.05) is 41.5 Å². The topological polar surface area (TPSA) is 55.7 Å². The Bertz CT molecular complexity index is 772. The smallest absolute Gasteiger partial charge is 0.145 e. The highest BCUT2D eigenvalue weighted by Gasteiger charge is 2.57. The first kappa shape index (κ1) is 18.0. The number of rotatable bonds is 6. The second-order valence-corrected chi connectivity index (χ2v) is 10.00. The summed E-state index contributed by atoms with van der Waals surface area (Å²) in [7, 11) is 0. The summed E-state index contributed by atoms with van der Waals surface area (Å²) >= 11 is 0. The van der Waals surface area contributed by atoms with E-state index in [-0.39, 0.29) is 5.41 Å². The average molecular weight is 376 g/mol. The molecule has 6 rings (SSSR count). The third kappa shape index (κ3) is 3.17. The summed E-state index contributed by atoms with van der Waals surface area (Å²) in [6.07, 6.45) is 15.9. The van der Waals surface area contributed by atoms with E-state index in [0.29, 0.717) is 12.2 Å². The molecule has 4 fully saturated rings. The Morgan fingerprint density at radius 3 is 2.14 bits per heavy atom. The Morgan fingerprint density at radius 2 is 1.57 bits per heavy atom. The summed E-state index contributed by atoms with van der Waals surface area (Å²) in [6, 6.07) is 6.05. The van der Waals surface area contributed by atoms with Gasteiger partial charge in [0.05, 0.1) is 0 Å². The highest BCUT2D eigenvalue weighted by Crippen LogP contribution is 2.62. The van der Waals surface area contributed by atoms with Crippen molar-refractivity contribution < 1.29 is 4.79 Å². The predicted molar refractivity (Wildman–Crippen MR) is 107 cm³/mol. The lowest BCUT2D eigenvalue weighted by atomic mass is 9.46. The van der Waals surface area contributed by atoms with Crippen molar-refractivity contribution in [3.8, 4) is 0 Å². The molecule has 1 atom stereocenters. The number of hydrogen-bond acceptors (Lipinski definition) is 4. The number of hydrogen-bond donors (Lipinski definition) is 0. The van der Waals surface area contributed by atoms with E-state index in [9.17, 15) is 4.79 Å². The molecule has 2 aromatic heterocycles. The van der Waals surface area contributed by atoms with Gasteiger partial charge in [-0.15, -0.1) is 0 Å². The first-order valence-electron chi connectivity index (χ1n) is 10.7. The molecule has 0 N–H and O–H groups in total. The van der Waals surface area contributed by atoms with Crippen molar-refractivity contribution in [2.45, 2.75) is 58.3 Å². The number of ketones is 1. The van der Waals surface area contributed by atoms with Crippen molar-refractivity contribution in [1.29, 1.82) is 0 Å². The van der Waals surface area contributed by atoms with Gasteiger partial charge in [-0.1, -0.05) is 6.92 Å². The van der Waals surface area contributed by atoms with E-state index in [4.69, 9.17) is 0 Å². The van der Waals surface area contributed by atoms with Crippen molar-refractivity contribution >= 4 is 5.78 Å². The summed E-state index contributed by atoms with van der Waals surface area (Å²) in [5.41, 5.74) is 1.61. The van der Waals surface area contributed by atoms with Crippen LogP contribution in [-0.4, -0.2) is 20.7 Å². The van der Waals surface area contributed by atoms with Crippen LogP contribution in [0.4, 0.5) is 0 Å². The van der Waals surface area contributed by atoms with Crippen molar-refractivity contribution in [3.05, 3.63) is 54.4 Å². The quantitative estimate of drug-likeness (QED) is 0.748. The molecular weight excluding hydrogens is 346 g/mol. The largest absolute Gasteiger partial charge is 0.298 e. The minimum absolute atomic E-state index is 0.0937. The van der Waals surface area contributed by atoms with E-state index >= 15 is 0 Å². The second-order valence-electron chi connectivity index (χ2n) is 10.00. The first-order chi connectivity index (χ1) is 13.5. The minimum atomic E-state index is -0.443. The third-order valence-corrected chi connectivity index (χ3v) is 7.63. The number of pyridine rings is 1. The second kappa shape index (κ2) is 6.75. The number of nitrogens with zero attached hydrogens (tertiary/aromatic N) is 3. The van der Waals surface area contributed by atoms with Gasteiger partial charge in [-0.25, -0.2) is 9.97 Å². The molecule has 2 heterocycles. The molecular formula is C24H29N3O. The van der Waals surface area contributed by atoms with E-state index in [2.05, 4.69) is 21.9 Å².